The standard InChI is InChI=1S/C13H18BrN3O2/c14-12-2-1-11(19-12)13(18)17-6-3-10(9-17)16-7-4-15-5-8-16/h1-2,10,15H,3-9H2. The molecule has 0 spiro atoms. The maximum atomic E-state index is 12.3. The summed E-state index contributed by atoms with van der Waals surface area (Å²) >= 11 is 3.23. The van der Waals surface area contributed by atoms with Gasteiger partial charge in [-0.25, -0.2) is 0 Å². The van der Waals surface area contributed by atoms with Gasteiger partial charge in [0.05, 0.1) is 0 Å². The van der Waals surface area contributed by atoms with E-state index in [2.05, 4.69) is 26.1 Å². The second kappa shape index (κ2) is 5.64. The van der Waals surface area contributed by atoms with Crippen LogP contribution in [-0.2, 0) is 0 Å². The third kappa shape index (κ3) is 2.85. The third-order valence-corrected chi connectivity index (χ3v) is 4.33. The number of nitrogens with one attached hydrogen (secondary N) is 1. The van der Waals surface area contributed by atoms with Gasteiger partial charge in [0.2, 0.25) is 0 Å². The zero-order chi connectivity index (χ0) is 13.2. The van der Waals surface area contributed by atoms with Gasteiger partial charge >= 0.3 is 0 Å². The SMILES string of the molecule is O=C(c1ccc(Br)o1)N1CCC(N2CCNCC2)C1. The minimum atomic E-state index is 0.00309. The van der Waals surface area contributed by atoms with Crippen LogP contribution in [0.15, 0.2) is 21.2 Å². The maximum absolute atomic E-state index is 12.3. The number of carbonyl (C=O) groups is 1. The van der Waals surface area contributed by atoms with E-state index in [1.807, 2.05) is 4.90 Å². The number of hydrogen-bond donors (Lipinski definition) is 1. The molecule has 0 bridgehead atoms. The molecule has 1 N–H and O–H groups in total. The summed E-state index contributed by atoms with van der Waals surface area (Å²) in [5.74, 6) is 0.427. The number of piperazine rings is 1. The van der Waals surface area contributed by atoms with Crippen molar-refractivity contribution < 1.29 is 9.21 Å². The smallest absolute Gasteiger partial charge is 0.289 e. The van der Waals surface area contributed by atoms with Crippen LogP contribution in [0.2, 0.25) is 0 Å². The van der Waals surface area contributed by atoms with Crippen molar-refractivity contribution in [1.82, 2.24) is 15.1 Å². The largest absolute Gasteiger partial charge is 0.444 e. The molecule has 2 saturated heterocycles. The Morgan fingerprint density at radius 2 is 2.11 bits per heavy atom. The van der Waals surface area contributed by atoms with Crippen LogP contribution in [0.4, 0.5) is 0 Å². The summed E-state index contributed by atoms with van der Waals surface area (Å²) in [7, 11) is 0. The van der Waals surface area contributed by atoms with E-state index in [0.717, 1.165) is 45.7 Å². The summed E-state index contributed by atoms with van der Waals surface area (Å²) in [6.07, 6.45) is 1.06. The molecule has 0 aliphatic carbocycles. The van der Waals surface area contributed by atoms with Gasteiger partial charge in [-0.2, -0.15) is 0 Å². The molecule has 2 aliphatic heterocycles. The molecule has 1 amide bonds. The molecule has 2 aliphatic rings. The summed E-state index contributed by atoms with van der Waals surface area (Å²) in [5, 5.41) is 3.36. The van der Waals surface area contributed by atoms with Crippen LogP contribution in [0, 0.1) is 0 Å². The summed E-state index contributed by atoms with van der Waals surface area (Å²) in [4.78, 5) is 16.7. The Hall–Kier alpha value is -0.850. The molecule has 0 saturated carbocycles. The topological polar surface area (TPSA) is 48.7 Å². The minimum absolute atomic E-state index is 0.00309. The van der Waals surface area contributed by atoms with E-state index in [1.54, 1.807) is 12.1 Å². The van der Waals surface area contributed by atoms with Crippen molar-refractivity contribution in [2.75, 3.05) is 39.3 Å². The average Bonchev–Trinajstić information content (AvgIpc) is 3.08. The molecule has 1 aromatic heterocycles. The Morgan fingerprint density at radius 1 is 1.32 bits per heavy atom. The lowest BCUT2D eigenvalue weighted by Gasteiger charge is -2.32. The van der Waals surface area contributed by atoms with E-state index < -0.39 is 0 Å². The second-order valence-corrected chi connectivity index (χ2v) is 5.86. The summed E-state index contributed by atoms with van der Waals surface area (Å²) < 4.78 is 5.95. The van der Waals surface area contributed by atoms with Gasteiger partial charge in [0.15, 0.2) is 10.4 Å². The van der Waals surface area contributed by atoms with Crippen LogP contribution in [0.5, 0.6) is 0 Å². The second-order valence-electron chi connectivity index (χ2n) is 5.08. The van der Waals surface area contributed by atoms with E-state index in [-0.39, 0.29) is 5.91 Å². The van der Waals surface area contributed by atoms with Crippen LogP contribution in [0.1, 0.15) is 17.0 Å². The fraction of sp³-hybridized carbons (Fsp3) is 0.615. The number of nitrogens with zero attached hydrogens (tertiary/aromatic N) is 2. The van der Waals surface area contributed by atoms with Gasteiger partial charge in [-0.15, -0.1) is 0 Å². The number of likely N-dealkylation sites (tertiary alicyclic amines) is 1. The fourth-order valence-electron chi connectivity index (χ4n) is 2.86. The number of amides is 1. The molecule has 19 heavy (non-hydrogen) atoms. The van der Waals surface area contributed by atoms with Crippen LogP contribution < -0.4 is 5.32 Å². The monoisotopic (exact) mass is 327 g/mol. The van der Waals surface area contributed by atoms with Crippen LogP contribution in [0.25, 0.3) is 0 Å². The van der Waals surface area contributed by atoms with Gasteiger partial charge in [0, 0.05) is 45.3 Å². The van der Waals surface area contributed by atoms with Gasteiger partial charge in [-0.05, 0) is 34.5 Å². The normalized spacial score (nSPS) is 24.9. The molecule has 2 fully saturated rings. The van der Waals surface area contributed by atoms with Crippen molar-refractivity contribution in [3.63, 3.8) is 0 Å². The Balaban J connectivity index is 1.60. The molecule has 1 unspecified atom stereocenters. The highest BCUT2D eigenvalue weighted by Crippen LogP contribution is 2.21. The molecule has 1 aromatic rings. The molecule has 3 heterocycles. The highest BCUT2D eigenvalue weighted by atomic mass is 79.9. The maximum Gasteiger partial charge on any atom is 0.289 e. The van der Waals surface area contributed by atoms with Crippen LogP contribution in [-0.4, -0.2) is 61.0 Å². The van der Waals surface area contributed by atoms with Crippen molar-refractivity contribution in [2.45, 2.75) is 12.5 Å². The van der Waals surface area contributed by atoms with Gasteiger partial charge < -0.3 is 14.6 Å². The van der Waals surface area contributed by atoms with E-state index in [9.17, 15) is 4.79 Å². The molecule has 0 radical (unpaired) electrons. The third-order valence-electron chi connectivity index (χ3n) is 3.90. The van der Waals surface area contributed by atoms with Gasteiger partial charge in [0.25, 0.3) is 5.91 Å². The van der Waals surface area contributed by atoms with Crippen molar-refractivity contribution >= 4 is 21.8 Å². The van der Waals surface area contributed by atoms with E-state index in [0.29, 0.717) is 16.5 Å². The van der Waals surface area contributed by atoms with Crippen LogP contribution >= 0.6 is 15.9 Å². The molecule has 3 rings (SSSR count). The number of halogens is 1. The lowest BCUT2D eigenvalue weighted by molar-refractivity contribution is 0.0741. The summed E-state index contributed by atoms with van der Waals surface area (Å²) in [6.45, 7) is 5.91. The first kappa shape index (κ1) is 13.1. The van der Waals surface area contributed by atoms with Crippen molar-refractivity contribution in [3.05, 3.63) is 22.6 Å². The number of rotatable bonds is 2. The lowest BCUT2D eigenvalue weighted by atomic mass is 10.2. The fourth-order valence-corrected chi connectivity index (χ4v) is 3.16. The summed E-state index contributed by atoms with van der Waals surface area (Å²) in [5.41, 5.74) is 0. The molecular weight excluding hydrogens is 310 g/mol. The van der Waals surface area contributed by atoms with Crippen molar-refractivity contribution in [3.8, 4) is 0 Å². The zero-order valence-corrected chi connectivity index (χ0v) is 12.4. The number of furan rings is 1. The molecule has 5 nitrogen and oxygen atoms in total. The average molecular weight is 328 g/mol. The Labute approximate surface area is 121 Å². The van der Waals surface area contributed by atoms with Crippen molar-refractivity contribution in [2.24, 2.45) is 0 Å². The van der Waals surface area contributed by atoms with Crippen LogP contribution in [0.3, 0.4) is 0 Å². The predicted octanol–water partition coefficient (Wildman–Crippen LogP) is 1.16. The molecule has 1 atom stereocenters. The highest BCUT2D eigenvalue weighted by molar-refractivity contribution is 9.10. The number of carbonyl (C=O) groups excluding carboxylic acids is 1. The first-order valence-electron chi connectivity index (χ1n) is 6.73. The molecule has 6 heteroatoms. The molecule has 0 aromatic carbocycles. The Kier molecular flexibility index (Phi) is 3.91. The highest BCUT2D eigenvalue weighted by Gasteiger charge is 2.32. The zero-order valence-electron chi connectivity index (χ0n) is 10.8. The predicted molar refractivity (Wildman–Crippen MR) is 75.2 cm³/mol. The Morgan fingerprint density at radius 3 is 2.79 bits per heavy atom. The first-order chi connectivity index (χ1) is 9.24. The first-order valence-corrected chi connectivity index (χ1v) is 7.53. The van der Waals surface area contributed by atoms with Gasteiger partial charge in [-0.1, -0.05) is 0 Å². The summed E-state index contributed by atoms with van der Waals surface area (Å²) in [6, 6.07) is 3.99. The van der Waals surface area contributed by atoms with E-state index >= 15 is 0 Å². The van der Waals surface area contributed by atoms with Gasteiger partial charge in [0.1, 0.15) is 0 Å². The molecular formula is C13H18BrN3O2. The lowest BCUT2D eigenvalue weighted by Crippen LogP contribution is -2.49. The quantitative estimate of drug-likeness (QED) is 0.885. The Bertz CT molecular complexity index is 456. The minimum Gasteiger partial charge on any atom is -0.444 e. The van der Waals surface area contributed by atoms with E-state index in [1.165, 1.54) is 0 Å². The number of hydrogen-bond acceptors (Lipinski definition) is 4. The molecule has 104 valence electrons. The van der Waals surface area contributed by atoms with E-state index in [4.69, 9.17) is 4.42 Å². The van der Waals surface area contributed by atoms with Gasteiger partial charge in [-0.3, -0.25) is 9.69 Å². The van der Waals surface area contributed by atoms with Crippen molar-refractivity contribution in [1.29, 1.82) is 0 Å².